The Morgan fingerprint density at radius 1 is 0.893 bits per heavy atom. The molecule has 0 aliphatic carbocycles. The monoisotopic (exact) mass is 781 g/mol. The molecule has 0 radical (unpaired) electrons. The second-order valence-electron chi connectivity index (χ2n) is 15.4. The van der Waals surface area contributed by atoms with Gasteiger partial charge in [0.2, 0.25) is 0 Å². The average molecular weight is 782 g/mol. The van der Waals surface area contributed by atoms with E-state index in [9.17, 15) is 9.59 Å². The molecule has 3 aliphatic rings. The van der Waals surface area contributed by atoms with Crippen molar-refractivity contribution in [1.29, 1.82) is 0 Å². The Morgan fingerprint density at radius 3 is 2.34 bits per heavy atom. The van der Waals surface area contributed by atoms with Gasteiger partial charge in [0.05, 0.1) is 30.9 Å². The lowest BCUT2D eigenvalue weighted by Crippen LogP contribution is -2.55. The Balaban J connectivity index is 0.857. The van der Waals surface area contributed by atoms with E-state index >= 15 is 0 Å². The van der Waals surface area contributed by atoms with Crippen LogP contribution >= 0.6 is 11.6 Å². The molecule has 3 aliphatic heterocycles. The summed E-state index contributed by atoms with van der Waals surface area (Å²) in [4.78, 5) is 40.4. The molecule has 0 bridgehead atoms. The Hall–Kier alpha value is -4.52. The number of morpholine rings is 1. The average Bonchev–Trinajstić information content (AvgIpc) is 3.93. The largest absolute Gasteiger partial charge is 0.372 e. The van der Waals surface area contributed by atoms with Crippen molar-refractivity contribution in [2.75, 3.05) is 68.8 Å². The summed E-state index contributed by atoms with van der Waals surface area (Å²) in [7, 11) is 0. The zero-order chi connectivity index (χ0) is 38.9. The van der Waals surface area contributed by atoms with Crippen molar-refractivity contribution in [3.63, 3.8) is 0 Å². The molecule has 2 aromatic carbocycles. The number of anilines is 2. The first kappa shape index (κ1) is 39.7. The third-order valence-corrected chi connectivity index (χ3v) is 11.6. The summed E-state index contributed by atoms with van der Waals surface area (Å²) in [5.74, 6) is 0.735. The molecular formula is C43H56ClN9O3. The predicted molar refractivity (Wildman–Crippen MR) is 221 cm³/mol. The van der Waals surface area contributed by atoms with Gasteiger partial charge < -0.3 is 24.8 Å². The number of rotatable bonds is 15. The Bertz CT molecular complexity index is 1850. The number of carbonyl (C=O) groups excluding carboxylic acids is 2. The van der Waals surface area contributed by atoms with Crippen molar-refractivity contribution in [1.82, 2.24) is 35.1 Å². The van der Waals surface area contributed by atoms with Gasteiger partial charge >= 0.3 is 0 Å². The van der Waals surface area contributed by atoms with Crippen molar-refractivity contribution in [3.05, 3.63) is 89.2 Å². The van der Waals surface area contributed by atoms with Crippen LogP contribution in [0.25, 0.3) is 11.3 Å². The van der Waals surface area contributed by atoms with Gasteiger partial charge in [-0.25, -0.2) is 9.67 Å². The molecule has 2 amide bonds. The second-order valence-corrected chi connectivity index (χ2v) is 15.8. The minimum absolute atomic E-state index is 0.0969. The molecule has 298 valence electrons. The number of carbonyl (C=O) groups is 2. The van der Waals surface area contributed by atoms with E-state index in [-0.39, 0.29) is 24.4 Å². The number of hydrogen-bond donors (Lipinski definition) is 1. The number of halogens is 1. The zero-order valence-corrected chi connectivity index (χ0v) is 33.6. The van der Waals surface area contributed by atoms with Crippen LogP contribution in [0, 0.1) is 0 Å². The number of pyridine rings is 1. The van der Waals surface area contributed by atoms with Crippen molar-refractivity contribution < 1.29 is 14.3 Å². The molecule has 12 nitrogen and oxygen atoms in total. The van der Waals surface area contributed by atoms with Gasteiger partial charge in [-0.1, -0.05) is 67.8 Å². The summed E-state index contributed by atoms with van der Waals surface area (Å²) in [6.45, 7) is 12.0. The zero-order valence-electron chi connectivity index (χ0n) is 32.9. The summed E-state index contributed by atoms with van der Waals surface area (Å²) >= 11 is 6.03. The van der Waals surface area contributed by atoms with Gasteiger partial charge in [0.25, 0.3) is 11.8 Å². The van der Waals surface area contributed by atoms with Gasteiger partial charge in [0.15, 0.2) is 6.10 Å². The van der Waals surface area contributed by atoms with E-state index in [0.717, 1.165) is 81.2 Å². The second kappa shape index (κ2) is 19.1. The molecule has 2 aromatic heterocycles. The first-order valence-electron chi connectivity index (χ1n) is 20.5. The number of benzene rings is 2. The normalized spacial score (nSPS) is 19.3. The van der Waals surface area contributed by atoms with Gasteiger partial charge in [-0.2, -0.15) is 0 Å². The smallest absolute Gasteiger partial charge is 0.254 e. The Labute approximate surface area is 336 Å². The molecule has 0 saturated carbocycles. The van der Waals surface area contributed by atoms with Gasteiger partial charge in [0.1, 0.15) is 11.5 Å². The number of aromatic nitrogens is 4. The van der Waals surface area contributed by atoms with Crippen LogP contribution in [0.2, 0.25) is 5.02 Å². The maximum Gasteiger partial charge on any atom is 0.254 e. The van der Waals surface area contributed by atoms with Crippen LogP contribution in [-0.2, 0) is 16.1 Å². The molecule has 4 aromatic rings. The standard InChI is InChI=1S/C43H56ClN9O3/c1-3-5-20-49(21-6-4-2)37-14-11-33(12-15-37)39-30-53(48-47-39)28-32-7-9-34(10-8-32)43(55)52-25-26-56-40(31-52)42(54)46-36-17-22-50(23-18-36)38-19-24-51(29-38)41-16-13-35(44)27-45-41/h7-16,27,30,36,38,40H,3-6,17-26,28-29,31H2,1-2H3,(H,46,54). The topological polar surface area (TPSA) is 112 Å². The van der Waals surface area contributed by atoms with Crippen molar-refractivity contribution in [2.45, 2.75) is 83.5 Å². The summed E-state index contributed by atoms with van der Waals surface area (Å²) < 4.78 is 7.70. The number of ether oxygens (including phenoxy) is 1. The third-order valence-electron chi connectivity index (χ3n) is 11.4. The number of hydrogen-bond acceptors (Lipinski definition) is 9. The summed E-state index contributed by atoms with van der Waals surface area (Å²) in [6, 6.07) is 20.7. The van der Waals surface area contributed by atoms with Crippen molar-refractivity contribution in [2.24, 2.45) is 0 Å². The van der Waals surface area contributed by atoms with Gasteiger partial charge in [-0.15, -0.1) is 5.10 Å². The lowest BCUT2D eigenvalue weighted by atomic mass is 10.0. The van der Waals surface area contributed by atoms with Crippen LogP contribution in [0.3, 0.4) is 0 Å². The summed E-state index contributed by atoms with van der Waals surface area (Å²) in [5.41, 5.74) is 4.73. The first-order valence-corrected chi connectivity index (χ1v) is 20.9. The SMILES string of the molecule is CCCCN(CCCC)c1ccc(-c2cn(Cc3ccc(C(=O)N4CCOC(C(=O)NC5CCN(C6CCN(c7ccc(Cl)cn7)C6)CC5)C4)cc3)nn2)cc1. The van der Waals surface area contributed by atoms with E-state index < -0.39 is 6.10 Å². The fourth-order valence-corrected chi connectivity index (χ4v) is 8.15. The quantitative estimate of drug-likeness (QED) is 0.152. The molecule has 2 unspecified atom stereocenters. The van der Waals surface area contributed by atoms with Crippen LogP contribution in [0.15, 0.2) is 73.1 Å². The molecule has 2 atom stereocenters. The highest BCUT2D eigenvalue weighted by molar-refractivity contribution is 6.30. The lowest BCUT2D eigenvalue weighted by molar-refractivity contribution is -0.138. The first-order chi connectivity index (χ1) is 27.4. The lowest BCUT2D eigenvalue weighted by Gasteiger charge is -2.37. The maximum absolute atomic E-state index is 13.5. The Kier molecular flexibility index (Phi) is 13.5. The van der Waals surface area contributed by atoms with Crippen LogP contribution in [0.1, 0.15) is 74.7 Å². The molecule has 0 spiro atoms. The molecule has 5 heterocycles. The number of piperidine rings is 1. The van der Waals surface area contributed by atoms with E-state index in [4.69, 9.17) is 16.3 Å². The molecular weight excluding hydrogens is 726 g/mol. The minimum atomic E-state index is -0.681. The van der Waals surface area contributed by atoms with E-state index in [1.54, 1.807) is 11.1 Å². The fourth-order valence-electron chi connectivity index (χ4n) is 8.04. The molecule has 3 saturated heterocycles. The van der Waals surface area contributed by atoms with E-state index in [1.807, 2.05) is 47.3 Å². The van der Waals surface area contributed by atoms with Gasteiger partial charge in [0, 0.05) is 80.9 Å². The van der Waals surface area contributed by atoms with Crippen LogP contribution < -0.4 is 15.1 Å². The Morgan fingerprint density at radius 2 is 1.64 bits per heavy atom. The minimum Gasteiger partial charge on any atom is -0.372 e. The molecule has 3 fully saturated rings. The van der Waals surface area contributed by atoms with Gasteiger partial charge in [-0.05, 0) is 74.1 Å². The number of nitrogens with one attached hydrogen (secondary N) is 1. The molecule has 1 N–H and O–H groups in total. The number of amides is 2. The van der Waals surface area contributed by atoms with E-state index in [2.05, 4.69) is 73.4 Å². The van der Waals surface area contributed by atoms with E-state index in [1.165, 1.54) is 31.4 Å². The highest BCUT2D eigenvalue weighted by Crippen LogP contribution is 2.26. The maximum atomic E-state index is 13.5. The van der Waals surface area contributed by atoms with Crippen LogP contribution in [-0.4, -0.2) is 119 Å². The summed E-state index contributed by atoms with van der Waals surface area (Å²) in [5, 5.41) is 12.7. The van der Waals surface area contributed by atoms with Crippen LogP contribution in [0.4, 0.5) is 11.5 Å². The molecule has 56 heavy (non-hydrogen) atoms. The van der Waals surface area contributed by atoms with Crippen LogP contribution in [0.5, 0.6) is 0 Å². The highest BCUT2D eigenvalue weighted by Gasteiger charge is 2.34. The third kappa shape index (κ3) is 10.1. The molecule has 13 heteroatoms. The number of unbranched alkanes of at least 4 members (excludes halogenated alkanes) is 2. The highest BCUT2D eigenvalue weighted by atomic mass is 35.5. The van der Waals surface area contributed by atoms with Gasteiger partial charge in [-0.3, -0.25) is 14.5 Å². The van der Waals surface area contributed by atoms with Crippen molar-refractivity contribution >= 4 is 34.9 Å². The van der Waals surface area contributed by atoms with E-state index in [0.29, 0.717) is 36.3 Å². The molecule has 7 rings (SSSR count). The number of likely N-dealkylation sites (tertiary alicyclic amines) is 1. The summed E-state index contributed by atoms with van der Waals surface area (Å²) in [6.07, 6.45) is 10.6. The fraction of sp³-hybridized carbons (Fsp3) is 0.512. The predicted octanol–water partition coefficient (Wildman–Crippen LogP) is 6.15. The number of nitrogens with zero attached hydrogens (tertiary/aromatic N) is 8. The van der Waals surface area contributed by atoms with Crippen molar-refractivity contribution in [3.8, 4) is 11.3 Å².